The third-order valence-electron chi connectivity index (χ3n) is 5.21. The summed E-state index contributed by atoms with van der Waals surface area (Å²) in [5, 5.41) is 2.95. The maximum absolute atomic E-state index is 13.2. The molecule has 2 aromatic carbocycles. The van der Waals surface area contributed by atoms with E-state index in [-0.39, 0.29) is 11.8 Å². The Morgan fingerprint density at radius 1 is 1.00 bits per heavy atom. The van der Waals surface area contributed by atoms with Gasteiger partial charge in [-0.2, -0.15) is 0 Å². The summed E-state index contributed by atoms with van der Waals surface area (Å²) in [7, 11) is 0. The number of ether oxygens (including phenoxy) is 1. The third kappa shape index (κ3) is 5.09. The second-order valence-corrected chi connectivity index (χ2v) is 7.41. The first-order valence-corrected chi connectivity index (χ1v) is 10.5. The topological polar surface area (TPSA) is 71.5 Å². The van der Waals surface area contributed by atoms with E-state index in [1.54, 1.807) is 17.2 Å². The van der Waals surface area contributed by atoms with E-state index in [1.807, 2.05) is 66.7 Å². The molecule has 0 aliphatic carbocycles. The van der Waals surface area contributed by atoms with Crippen molar-refractivity contribution in [3.05, 3.63) is 90.1 Å². The normalized spacial score (nSPS) is 15.2. The highest BCUT2D eigenvalue weighted by molar-refractivity contribution is 5.99. The lowest BCUT2D eigenvalue weighted by Crippen LogP contribution is -2.42. The highest BCUT2D eigenvalue weighted by Crippen LogP contribution is 2.37. The molecule has 4 rings (SSSR count). The number of benzene rings is 2. The van der Waals surface area contributed by atoms with Crippen LogP contribution >= 0.6 is 0 Å². The number of anilines is 1. The van der Waals surface area contributed by atoms with E-state index >= 15 is 0 Å². The van der Waals surface area contributed by atoms with Crippen molar-refractivity contribution in [3.63, 3.8) is 0 Å². The molecule has 6 heteroatoms. The maximum Gasteiger partial charge on any atom is 0.274 e. The number of nitrogens with one attached hydrogen (secondary N) is 1. The average molecular weight is 415 g/mol. The zero-order valence-corrected chi connectivity index (χ0v) is 17.2. The van der Waals surface area contributed by atoms with Crippen LogP contribution in [0.1, 0.15) is 30.1 Å². The van der Waals surface area contributed by atoms with E-state index in [0.717, 1.165) is 12.0 Å². The monoisotopic (exact) mass is 415 g/mol. The van der Waals surface area contributed by atoms with Crippen molar-refractivity contribution in [3.8, 4) is 5.75 Å². The maximum atomic E-state index is 13.2. The fourth-order valence-corrected chi connectivity index (χ4v) is 3.63. The number of carbonyl (C=O) groups excluding carboxylic acids is 2. The minimum Gasteiger partial charge on any atom is -0.472 e. The Bertz CT molecular complexity index is 1020. The third-order valence-corrected chi connectivity index (χ3v) is 5.21. The Labute approximate surface area is 181 Å². The van der Waals surface area contributed by atoms with E-state index < -0.39 is 6.10 Å². The van der Waals surface area contributed by atoms with Crippen LogP contribution in [0.5, 0.6) is 5.75 Å². The quantitative estimate of drug-likeness (QED) is 0.609. The molecule has 0 bridgehead atoms. The lowest BCUT2D eigenvalue weighted by molar-refractivity contribution is -0.127. The molecule has 1 aliphatic rings. The van der Waals surface area contributed by atoms with Crippen LogP contribution in [-0.2, 0) is 16.0 Å². The molecule has 2 heterocycles. The highest BCUT2D eigenvalue weighted by atomic mass is 16.5. The van der Waals surface area contributed by atoms with Gasteiger partial charge in [0.2, 0.25) is 12.0 Å². The molecule has 1 N–H and O–H groups in total. The van der Waals surface area contributed by atoms with Gasteiger partial charge in [0, 0.05) is 31.3 Å². The molecular formula is C25H25N3O3. The van der Waals surface area contributed by atoms with Crippen molar-refractivity contribution in [1.29, 1.82) is 0 Å². The Morgan fingerprint density at radius 3 is 2.52 bits per heavy atom. The van der Waals surface area contributed by atoms with Gasteiger partial charge in [-0.3, -0.25) is 14.5 Å². The lowest BCUT2D eigenvalue weighted by atomic mass is 10.1. The molecule has 1 atom stereocenters. The van der Waals surface area contributed by atoms with Gasteiger partial charge in [-0.15, -0.1) is 0 Å². The van der Waals surface area contributed by atoms with Gasteiger partial charge in [0.25, 0.3) is 5.91 Å². The van der Waals surface area contributed by atoms with Gasteiger partial charge in [-0.05, 0) is 30.5 Å². The van der Waals surface area contributed by atoms with Crippen molar-refractivity contribution in [2.45, 2.75) is 25.4 Å². The number of carbonyl (C=O) groups is 2. The van der Waals surface area contributed by atoms with Gasteiger partial charge >= 0.3 is 0 Å². The summed E-state index contributed by atoms with van der Waals surface area (Å²) in [6.07, 6.45) is 2.61. The summed E-state index contributed by atoms with van der Waals surface area (Å²) < 4.78 is 5.95. The van der Waals surface area contributed by atoms with Crippen LogP contribution in [-0.4, -0.2) is 29.9 Å². The van der Waals surface area contributed by atoms with Crippen molar-refractivity contribution < 1.29 is 14.3 Å². The SMILES string of the molecule is O=C(CCCN1C(=O)C(c2ccccc2)Oc2cccnc21)NCCc1ccccc1. The molecule has 0 fully saturated rings. The number of hydrogen-bond acceptors (Lipinski definition) is 4. The molecule has 31 heavy (non-hydrogen) atoms. The average Bonchev–Trinajstić information content (AvgIpc) is 2.81. The predicted octanol–water partition coefficient (Wildman–Crippen LogP) is 3.69. The van der Waals surface area contributed by atoms with Crippen LogP contribution in [0.25, 0.3) is 0 Å². The lowest BCUT2D eigenvalue weighted by Gasteiger charge is -2.33. The number of rotatable bonds is 8. The van der Waals surface area contributed by atoms with Crippen molar-refractivity contribution in [2.24, 2.45) is 0 Å². The van der Waals surface area contributed by atoms with Gasteiger partial charge in [-0.25, -0.2) is 4.98 Å². The Kier molecular flexibility index (Phi) is 6.57. The number of aromatic nitrogens is 1. The van der Waals surface area contributed by atoms with Crippen LogP contribution in [0.4, 0.5) is 5.82 Å². The fourth-order valence-electron chi connectivity index (χ4n) is 3.63. The molecule has 2 amide bonds. The van der Waals surface area contributed by atoms with E-state index in [1.165, 1.54) is 5.56 Å². The summed E-state index contributed by atoms with van der Waals surface area (Å²) in [6.45, 7) is 1.00. The van der Waals surface area contributed by atoms with Gasteiger partial charge in [0.1, 0.15) is 0 Å². The zero-order chi connectivity index (χ0) is 21.5. The highest BCUT2D eigenvalue weighted by Gasteiger charge is 2.36. The largest absolute Gasteiger partial charge is 0.472 e. The van der Waals surface area contributed by atoms with Crippen LogP contribution in [0.15, 0.2) is 79.0 Å². The molecule has 0 saturated heterocycles. The number of pyridine rings is 1. The van der Waals surface area contributed by atoms with Gasteiger partial charge in [-0.1, -0.05) is 60.7 Å². The van der Waals surface area contributed by atoms with E-state index in [0.29, 0.717) is 37.5 Å². The minimum absolute atomic E-state index is 0.0162. The molecule has 6 nitrogen and oxygen atoms in total. The molecule has 3 aromatic rings. The summed E-state index contributed by atoms with van der Waals surface area (Å²) in [5.74, 6) is 0.895. The summed E-state index contributed by atoms with van der Waals surface area (Å²) in [6, 6.07) is 23.1. The Hall–Kier alpha value is -3.67. The molecule has 1 unspecified atom stereocenters. The fraction of sp³-hybridized carbons (Fsp3) is 0.240. The number of fused-ring (bicyclic) bond motifs is 1. The Balaban J connectivity index is 1.34. The van der Waals surface area contributed by atoms with Crippen LogP contribution in [0, 0.1) is 0 Å². The van der Waals surface area contributed by atoms with Crippen molar-refractivity contribution in [1.82, 2.24) is 10.3 Å². The standard InChI is InChI=1S/C25H25N3O3/c29-22(26-17-15-19-9-3-1-4-10-19)14-8-18-28-24-21(13-7-16-27-24)31-23(25(28)30)20-11-5-2-6-12-20/h1-7,9-13,16,23H,8,14-15,17-18H2,(H,26,29). The molecule has 0 spiro atoms. The zero-order valence-electron chi connectivity index (χ0n) is 17.2. The number of amides is 2. The first-order valence-electron chi connectivity index (χ1n) is 10.5. The van der Waals surface area contributed by atoms with Crippen molar-refractivity contribution >= 4 is 17.6 Å². The predicted molar refractivity (Wildman–Crippen MR) is 119 cm³/mol. The van der Waals surface area contributed by atoms with Crippen LogP contribution in [0.3, 0.4) is 0 Å². The Morgan fingerprint density at radius 2 is 1.74 bits per heavy atom. The molecule has 0 saturated carbocycles. The van der Waals surface area contributed by atoms with E-state index in [9.17, 15) is 9.59 Å². The smallest absolute Gasteiger partial charge is 0.274 e. The van der Waals surface area contributed by atoms with Gasteiger partial charge in [0.05, 0.1) is 0 Å². The molecule has 1 aromatic heterocycles. The van der Waals surface area contributed by atoms with Crippen LogP contribution in [0.2, 0.25) is 0 Å². The number of hydrogen-bond donors (Lipinski definition) is 1. The van der Waals surface area contributed by atoms with E-state index in [2.05, 4.69) is 10.3 Å². The molecule has 0 radical (unpaired) electrons. The van der Waals surface area contributed by atoms with Gasteiger partial charge in [0.15, 0.2) is 11.6 Å². The van der Waals surface area contributed by atoms with Crippen LogP contribution < -0.4 is 15.0 Å². The van der Waals surface area contributed by atoms with Crippen molar-refractivity contribution in [2.75, 3.05) is 18.0 Å². The molecule has 158 valence electrons. The van der Waals surface area contributed by atoms with E-state index in [4.69, 9.17) is 4.74 Å². The first kappa shape index (κ1) is 20.6. The van der Waals surface area contributed by atoms with Gasteiger partial charge < -0.3 is 10.1 Å². The second kappa shape index (κ2) is 9.89. The number of nitrogens with zero attached hydrogens (tertiary/aromatic N) is 2. The summed E-state index contributed by atoms with van der Waals surface area (Å²) in [4.78, 5) is 31.4. The minimum atomic E-state index is -0.711. The molecular weight excluding hydrogens is 390 g/mol. The molecule has 1 aliphatic heterocycles. The summed E-state index contributed by atoms with van der Waals surface area (Å²) >= 11 is 0. The summed E-state index contributed by atoms with van der Waals surface area (Å²) in [5.41, 5.74) is 1.99. The second-order valence-electron chi connectivity index (χ2n) is 7.41. The first-order chi connectivity index (χ1) is 15.2.